The smallest absolute Gasteiger partial charge is 0.278 e. The van der Waals surface area contributed by atoms with Crippen molar-refractivity contribution in [3.8, 4) is 17.1 Å². The molecule has 0 N–H and O–H groups in total. The summed E-state index contributed by atoms with van der Waals surface area (Å²) in [5, 5.41) is 11.7. The fourth-order valence-electron chi connectivity index (χ4n) is 3.75. The van der Waals surface area contributed by atoms with E-state index in [1.54, 1.807) is 30.8 Å². The third kappa shape index (κ3) is 2.88. The lowest BCUT2D eigenvalue weighted by molar-refractivity contribution is -0.385. The molecule has 0 fully saturated rings. The monoisotopic (exact) mass is 462 g/mol. The van der Waals surface area contributed by atoms with E-state index >= 15 is 0 Å². The van der Waals surface area contributed by atoms with Crippen LogP contribution in [0.15, 0.2) is 75.0 Å². The molecule has 0 saturated heterocycles. The van der Waals surface area contributed by atoms with Gasteiger partial charge in [-0.1, -0.05) is 28.1 Å². The van der Waals surface area contributed by atoms with Crippen LogP contribution in [0.2, 0.25) is 0 Å². The van der Waals surface area contributed by atoms with Crippen LogP contribution in [0.5, 0.6) is 0 Å². The second-order valence-corrected chi connectivity index (χ2v) is 7.86. The van der Waals surface area contributed by atoms with Crippen LogP contribution in [0.1, 0.15) is 22.4 Å². The molecule has 7 nitrogen and oxygen atoms in total. The molecular formula is C22H15BrN4O3. The summed E-state index contributed by atoms with van der Waals surface area (Å²) in [5.41, 5.74) is 5.29. The molecule has 1 aliphatic heterocycles. The number of imidazole rings is 1. The van der Waals surface area contributed by atoms with Crippen molar-refractivity contribution < 1.29 is 9.34 Å². The number of halogens is 1. The molecule has 3 heterocycles. The number of aliphatic imine (C=N–C) groups is 1. The highest BCUT2D eigenvalue weighted by molar-refractivity contribution is 9.10. The van der Waals surface area contributed by atoms with E-state index in [0.29, 0.717) is 23.6 Å². The molecule has 0 unspecified atom stereocenters. The van der Waals surface area contributed by atoms with Crippen LogP contribution in [0, 0.1) is 17.0 Å². The van der Waals surface area contributed by atoms with Crippen molar-refractivity contribution in [1.82, 2.24) is 9.55 Å². The van der Waals surface area contributed by atoms with Gasteiger partial charge in [0, 0.05) is 16.1 Å². The predicted molar refractivity (Wildman–Crippen MR) is 116 cm³/mol. The Morgan fingerprint density at radius 3 is 2.77 bits per heavy atom. The van der Waals surface area contributed by atoms with Crippen LogP contribution >= 0.6 is 15.9 Å². The van der Waals surface area contributed by atoms with Gasteiger partial charge in [-0.15, -0.1) is 0 Å². The van der Waals surface area contributed by atoms with Crippen molar-refractivity contribution in [3.63, 3.8) is 0 Å². The molecule has 0 atom stereocenters. The average Bonchev–Trinajstić information content (AvgIpc) is 3.30. The lowest BCUT2D eigenvalue weighted by atomic mass is 9.99. The van der Waals surface area contributed by atoms with E-state index in [2.05, 4.69) is 20.9 Å². The first-order chi connectivity index (χ1) is 14.5. The van der Waals surface area contributed by atoms with Crippen molar-refractivity contribution in [3.05, 3.63) is 98.1 Å². The number of aromatic nitrogens is 2. The van der Waals surface area contributed by atoms with Crippen molar-refractivity contribution in [2.75, 3.05) is 0 Å². The van der Waals surface area contributed by atoms with Crippen molar-refractivity contribution >= 4 is 27.3 Å². The summed E-state index contributed by atoms with van der Waals surface area (Å²) in [5.74, 6) is 0.701. The molecule has 4 aromatic rings. The fraction of sp³-hybridized carbons (Fsp3) is 0.0909. The minimum absolute atomic E-state index is 0.0222. The quantitative estimate of drug-likeness (QED) is 0.298. The third-order valence-corrected chi connectivity index (χ3v) is 5.65. The minimum Gasteiger partial charge on any atom is -0.462 e. The summed E-state index contributed by atoms with van der Waals surface area (Å²) in [6.45, 7) is 2.28. The Morgan fingerprint density at radius 1 is 1.17 bits per heavy atom. The number of para-hydroxylation sites is 1. The maximum atomic E-state index is 11.7. The number of aryl methyl sites for hydroxylation is 1. The zero-order valence-corrected chi connectivity index (χ0v) is 17.5. The Bertz CT molecular complexity index is 1340. The molecule has 148 valence electrons. The number of fused-ring (bicyclic) bond motifs is 3. The summed E-state index contributed by atoms with van der Waals surface area (Å²) in [6.07, 6.45) is 3.39. The van der Waals surface area contributed by atoms with Crippen molar-refractivity contribution in [2.45, 2.75) is 13.5 Å². The summed E-state index contributed by atoms with van der Waals surface area (Å²) in [4.78, 5) is 20.7. The van der Waals surface area contributed by atoms with E-state index < -0.39 is 0 Å². The minimum atomic E-state index is -0.375. The molecule has 8 heteroatoms. The highest BCUT2D eigenvalue weighted by Crippen LogP contribution is 2.34. The highest BCUT2D eigenvalue weighted by Gasteiger charge is 2.27. The van der Waals surface area contributed by atoms with Crippen LogP contribution in [0.25, 0.3) is 17.1 Å². The zero-order valence-electron chi connectivity index (χ0n) is 15.9. The maximum absolute atomic E-state index is 11.7. The number of hydrogen-bond donors (Lipinski definition) is 0. The molecule has 0 bridgehead atoms. The summed E-state index contributed by atoms with van der Waals surface area (Å²) in [7, 11) is 0. The Kier molecular flexibility index (Phi) is 4.36. The predicted octanol–water partition coefficient (Wildman–Crippen LogP) is 5.46. The number of benzene rings is 2. The van der Waals surface area contributed by atoms with Crippen molar-refractivity contribution in [1.29, 1.82) is 0 Å². The molecule has 2 aromatic heterocycles. The SMILES string of the molecule is Cc1ccoc1-c1ncn2c1CN=C(c1ccccc1[N+](=O)[O-])c1cc(Br)ccc1-2. The number of nitrogens with zero attached hydrogens (tertiary/aromatic N) is 4. The second-order valence-electron chi connectivity index (χ2n) is 6.94. The molecule has 5 rings (SSSR count). The van der Waals surface area contributed by atoms with Gasteiger partial charge in [-0.3, -0.25) is 19.7 Å². The molecule has 2 aromatic carbocycles. The van der Waals surface area contributed by atoms with E-state index in [1.807, 2.05) is 35.8 Å². The maximum Gasteiger partial charge on any atom is 0.278 e. The van der Waals surface area contributed by atoms with Gasteiger partial charge in [0.2, 0.25) is 0 Å². The number of furan rings is 1. The average molecular weight is 463 g/mol. The number of nitro groups is 1. The Balaban J connectivity index is 1.77. The molecule has 0 radical (unpaired) electrons. The topological polar surface area (TPSA) is 86.5 Å². The standard InChI is InChI=1S/C22H15BrN4O3/c1-13-8-9-30-22(13)21-19-11-24-20(15-4-2-3-5-18(15)27(28)29)16-10-14(23)6-7-17(16)26(19)12-25-21/h2-10,12H,11H2,1H3. The van der Waals surface area contributed by atoms with Crippen molar-refractivity contribution in [2.24, 2.45) is 4.99 Å². The molecule has 0 saturated carbocycles. The highest BCUT2D eigenvalue weighted by atomic mass is 79.9. The van der Waals surface area contributed by atoms with Gasteiger partial charge in [0.25, 0.3) is 5.69 Å². The van der Waals surface area contributed by atoms with Gasteiger partial charge in [0.15, 0.2) is 5.76 Å². The lowest BCUT2D eigenvalue weighted by Gasteiger charge is -2.12. The van der Waals surface area contributed by atoms with Crippen LogP contribution in [-0.4, -0.2) is 20.2 Å². The van der Waals surface area contributed by atoms with E-state index in [0.717, 1.165) is 32.7 Å². The number of nitro benzene ring substituents is 1. The second kappa shape index (κ2) is 7.07. The molecule has 1 aliphatic rings. The van der Waals surface area contributed by atoms with Gasteiger partial charge >= 0.3 is 0 Å². The molecule has 0 spiro atoms. The van der Waals surface area contributed by atoms with Crippen LogP contribution < -0.4 is 0 Å². The Hall–Kier alpha value is -3.52. The third-order valence-electron chi connectivity index (χ3n) is 5.16. The van der Waals surface area contributed by atoms with Gasteiger partial charge in [0.1, 0.15) is 12.0 Å². The Morgan fingerprint density at radius 2 is 2.00 bits per heavy atom. The molecule has 0 amide bonds. The van der Waals surface area contributed by atoms with Gasteiger partial charge in [-0.2, -0.15) is 0 Å². The number of rotatable bonds is 3. The number of hydrogen-bond acceptors (Lipinski definition) is 5. The Labute approximate surface area is 180 Å². The van der Waals surface area contributed by atoms with Gasteiger partial charge in [-0.25, -0.2) is 4.98 Å². The van der Waals surface area contributed by atoms with Gasteiger partial charge in [-0.05, 0) is 42.8 Å². The summed E-state index contributed by atoms with van der Waals surface area (Å²) in [6, 6.07) is 14.4. The lowest BCUT2D eigenvalue weighted by Crippen LogP contribution is -2.09. The first-order valence-corrected chi connectivity index (χ1v) is 10.0. The first-order valence-electron chi connectivity index (χ1n) is 9.24. The molecular weight excluding hydrogens is 448 g/mol. The molecule has 30 heavy (non-hydrogen) atoms. The normalized spacial score (nSPS) is 12.7. The van der Waals surface area contributed by atoms with Crippen LogP contribution in [-0.2, 0) is 6.54 Å². The van der Waals surface area contributed by atoms with Gasteiger partial charge < -0.3 is 4.42 Å². The van der Waals surface area contributed by atoms with Gasteiger partial charge in [0.05, 0.1) is 40.4 Å². The summed E-state index contributed by atoms with van der Waals surface area (Å²) >= 11 is 3.52. The molecule has 0 aliphatic carbocycles. The van der Waals surface area contributed by atoms with E-state index in [-0.39, 0.29) is 10.6 Å². The first kappa shape index (κ1) is 18.5. The van der Waals surface area contributed by atoms with E-state index in [9.17, 15) is 10.1 Å². The summed E-state index contributed by atoms with van der Waals surface area (Å²) < 4.78 is 8.50. The van der Waals surface area contributed by atoms with Crippen LogP contribution in [0.4, 0.5) is 5.69 Å². The van der Waals surface area contributed by atoms with E-state index in [4.69, 9.17) is 9.41 Å². The van der Waals surface area contributed by atoms with E-state index in [1.165, 1.54) is 6.07 Å². The zero-order chi connectivity index (χ0) is 20.8. The largest absolute Gasteiger partial charge is 0.462 e. The van der Waals surface area contributed by atoms with Crippen LogP contribution in [0.3, 0.4) is 0 Å². The fourth-order valence-corrected chi connectivity index (χ4v) is 4.11.